The molecule has 1 aliphatic rings. The molecular weight excluding hydrogens is 362 g/mol. The summed E-state index contributed by atoms with van der Waals surface area (Å²) < 4.78 is 5.46. The Hall–Kier alpha value is -2.08. The van der Waals surface area contributed by atoms with Gasteiger partial charge >= 0.3 is 0 Å². The molecule has 3 rings (SSSR count). The SMILES string of the molecule is C[C@H](C(=O)Nc1cccc(Cl)c1)N(C)Cc1ccccc1N1CCOCC1. The maximum absolute atomic E-state index is 12.6. The van der Waals surface area contributed by atoms with Gasteiger partial charge in [-0.05, 0) is 43.8 Å². The number of nitrogens with zero attached hydrogens (tertiary/aromatic N) is 2. The molecule has 5 nitrogen and oxygen atoms in total. The molecule has 2 aromatic carbocycles. The molecule has 0 radical (unpaired) electrons. The minimum atomic E-state index is -0.276. The third kappa shape index (κ3) is 5.22. The number of morpholine rings is 1. The quantitative estimate of drug-likeness (QED) is 0.822. The van der Waals surface area contributed by atoms with Crippen molar-refractivity contribution in [1.82, 2.24) is 4.90 Å². The van der Waals surface area contributed by atoms with E-state index in [1.807, 2.05) is 32.2 Å². The van der Waals surface area contributed by atoms with Crippen LogP contribution in [0.1, 0.15) is 12.5 Å². The van der Waals surface area contributed by atoms with E-state index in [2.05, 4.69) is 33.3 Å². The summed E-state index contributed by atoms with van der Waals surface area (Å²) in [4.78, 5) is 17.0. The Morgan fingerprint density at radius 3 is 2.70 bits per heavy atom. The number of ether oxygens (including phenoxy) is 1. The number of rotatable bonds is 6. The molecule has 1 heterocycles. The fraction of sp³-hybridized carbons (Fsp3) is 0.381. The van der Waals surface area contributed by atoms with Crippen molar-refractivity contribution < 1.29 is 9.53 Å². The Labute approximate surface area is 165 Å². The van der Waals surface area contributed by atoms with Crippen LogP contribution < -0.4 is 10.2 Å². The van der Waals surface area contributed by atoms with Crippen molar-refractivity contribution in [3.05, 3.63) is 59.1 Å². The number of hydrogen-bond donors (Lipinski definition) is 1. The van der Waals surface area contributed by atoms with E-state index < -0.39 is 0 Å². The van der Waals surface area contributed by atoms with E-state index >= 15 is 0 Å². The number of benzene rings is 2. The van der Waals surface area contributed by atoms with Crippen LogP contribution in [-0.4, -0.2) is 50.2 Å². The maximum atomic E-state index is 12.6. The van der Waals surface area contributed by atoms with Gasteiger partial charge in [0, 0.05) is 36.0 Å². The van der Waals surface area contributed by atoms with Crippen molar-refractivity contribution in [3.63, 3.8) is 0 Å². The molecule has 6 heteroatoms. The van der Waals surface area contributed by atoms with Crippen molar-refractivity contribution in [2.24, 2.45) is 0 Å². The minimum absolute atomic E-state index is 0.0522. The van der Waals surface area contributed by atoms with E-state index in [0.717, 1.165) is 26.3 Å². The monoisotopic (exact) mass is 387 g/mol. The lowest BCUT2D eigenvalue weighted by Gasteiger charge is -2.32. The summed E-state index contributed by atoms with van der Waals surface area (Å²) in [5.74, 6) is -0.0522. The molecule has 1 amide bonds. The van der Waals surface area contributed by atoms with Gasteiger partial charge in [0.25, 0.3) is 0 Å². The van der Waals surface area contributed by atoms with Gasteiger partial charge in [0.1, 0.15) is 0 Å². The molecule has 1 aliphatic heterocycles. The molecule has 144 valence electrons. The van der Waals surface area contributed by atoms with Gasteiger partial charge in [-0.25, -0.2) is 0 Å². The normalized spacial score (nSPS) is 15.6. The van der Waals surface area contributed by atoms with Crippen LogP contribution in [0.3, 0.4) is 0 Å². The van der Waals surface area contributed by atoms with Crippen LogP contribution >= 0.6 is 11.6 Å². The van der Waals surface area contributed by atoms with Gasteiger partial charge in [-0.2, -0.15) is 0 Å². The lowest BCUT2D eigenvalue weighted by molar-refractivity contribution is -0.120. The van der Waals surface area contributed by atoms with E-state index in [0.29, 0.717) is 17.3 Å². The van der Waals surface area contributed by atoms with Crippen LogP contribution in [0.15, 0.2) is 48.5 Å². The molecule has 27 heavy (non-hydrogen) atoms. The van der Waals surface area contributed by atoms with Crippen molar-refractivity contribution in [3.8, 4) is 0 Å². The van der Waals surface area contributed by atoms with Gasteiger partial charge in [0.2, 0.25) is 5.91 Å². The first-order valence-electron chi connectivity index (χ1n) is 9.22. The van der Waals surface area contributed by atoms with Crippen LogP contribution in [-0.2, 0) is 16.1 Å². The first-order valence-corrected chi connectivity index (χ1v) is 9.59. The molecule has 0 unspecified atom stereocenters. The smallest absolute Gasteiger partial charge is 0.241 e. The molecule has 2 aromatic rings. The number of amides is 1. The Balaban J connectivity index is 1.65. The minimum Gasteiger partial charge on any atom is -0.378 e. The van der Waals surface area contributed by atoms with Crippen LogP contribution in [0.4, 0.5) is 11.4 Å². The topological polar surface area (TPSA) is 44.8 Å². The Bertz CT molecular complexity index is 778. The highest BCUT2D eigenvalue weighted by atomic mass is 35.5. The number of anilines is 2. The number of carbonyl (C=O) groups is 1. The second kappa shape index (κ2) is 9.22. The highest BCUT2D eigenvalue weighted by molar-refractivity contribution is 6.30. The van der Waals surface area contributed by atoms with Gasteiger partial charge in [0.05, 0.1) is 19.3 Å². The number of likely N-dealkylation sites (N-methyl/N-ethyl adjacent to an activating group) is 1. The second-order valence-electron chi connectivity index (χ2n) is 6.82. The van der Waals surface area contributed by atoms with Crippen LogP contribution in [0.5, 0.6) is 0 Å². The maximum Gasteiger partial charge on any atom is 0.241 e. The summed E-state index contributed by atoms with van der Waals surface area (Å²) in [6, 6.07) is 15.3. The predicted molar refractivity (Wildman–Crippen MR) is 110 cm³/mol. The number of nitrogens with one attached hydrogen (secondary N) is 1. The van der Waals surface area contributed by atoms with Gasteiger partial charge in [-0.1, -0.05) is 35.9 Å². The predicted octanol–water partition coefficient (Wildman–Crippen LogP) is 3.64. The molecular formula is C21H26ClN3O2. The molecule has 0 saturated carbocycles. The number of hydrogen-bond acceptors (Lipinski definition) is 4. The van der Waals surface area contributed by atoms with E-state index in [4.69, 9.17) is 16.3 Å². The van der Waals surface area contributed by atoms with E-state index in [1.54, 1.807) is 12.1 Å². The zero-order chi connectivity index (χ0) is 19.2. The first-order chi connectivity index (χ1) is 13.0. The summed E-state index contributed by atoms with van der Waals surface area (Å²) in [5, 5.41) is 3.54. The summed E-state index contributed by atoms with van der Waals surface area (Å²) in [6.45, 7) is 5.90. The highest BCUT2D eigenvalue weighted by Crippen LogP contribution is 2.23. The van der Waals surface area contributed by atoms with Gasteiger partial charge in [-0.3, -0.25) is 9.69 Å². The molecule has 0 bridgehead atoms. The van der Waals surface area contributed by atoms with Gasteiger partial charge < -0.3 is 15.0 Å². The zero-order valence-corrected chi connectivity index (χ0v) is 16.6. The molecule has 1 fully saturated rings. The van der Waals surface area contributed by atoms with Gasteiger partial charge in [0.15, 0.2) is 0 Å². The van der Waals surface area contributed by atoms with Crippen LogP contribution in [0.2, 0.25) is 5.02 Å². The number of para-hydroxylation sites is 1. The third-order valence-corrected chi connectivity index (χ3v) is 5.13. The molecule has 0 aliphatic carbocycles. The van der Waals surface area contributed by atoms with Crippen LogP contribution in [0, 0.1) is 0 Å². The largest absolute Gasteiger partial charge is 0.378 e. The fourth-order valence-electron chi connectivity index (χ4n) is 3.18. The van der Waals surface area contributed by atoms with Crippen molar-refractivity contribution >= 4 is 28.9 Å². The van der Waals surface area contributed by atoms with Crippen molar-refractivity contribution in [2.75, 3.05) is 43.6 Å². The fourth-order valence-corrected chi connectivity index (χ4v) is 3.37. The van der Waals surface area contributed by atoms with E-state index in [-0.39, 0.29) is 11.9 Å². The van der Waals surface area contributed by atoms with E-state index in [9.17, 15) is 4.79 Å². The van der Waals surface area contributed by atoms with E-state index in [1.165, 1.54) is 11.3 Å². The molecule has 0 spiro atoms. The Morgan fingerprint density at radius 1 is 1.22 bits per heavy atom. The molecule has 0 aromatic heterocycles. The van der Waals surface area contributed by atoms with Crippen molar-refractivity contribution in [2.45, 2.75) is 19.5 Å². The number of carbonyl (C=O) groups excluding carboxylic acids is 1. The first kappa shape index (κ1) is 19.7. The summed E-state index contributed by atoms with van der Waals surface area (Å²) in [5.41, 5.74) is 3.14. The molecule has 1 saturated heterocycles. The zero-order valence-electron chi connectivity index (χ0n) is 15.8. The second-order valence-corrected chi connectivity index (χ2v) is 7.26. The average molecular weight is 388 g/mol. The number of halogens is 1. The summed E-state index contributed by atoms with van der Waals surface area (Å²) in [7, 11) is 1.97. The Morgan fingerprint density at radius 2 is 1.96 bits per heavy atom. The summed E-state index contributed by atoms with van der Waals surface area (Å²) in [6.07, 6.45) is 0. The summed E-state index contributed by atoms with van der Waals surface area (Å²) >= 11 is 5.99. The van der Waals surface area contributed by atoms with Gasteiger partial charge in [-0.15, -0.1) is 0 Å². The molecule has 1 N–H and O–H groups in total. The van der Waals surface area contributed by atoms with Crippen LogP contribution in [0.25, 0.3) is 0 Å². The third-order valence-electron chi connectivity index (χ3n) is 4.90. The lowest BCUT2D eigenvalue weighted by Crippen LogP contribution is -2.40. The van der Waals surface area contributed by atoms with Crippen molar-refractivity contribution in [1.29, 1.82) is 0 Å². The standard InChI is InChI=1S/C21H26ClN3O2/c1-16(21(26)23-19-8-5-7-18(22)14-19)24(2)15-17-6-3-4-9-20(17)25-10-12-27-13-11-25/h3-9,14,16H,10-13,15H2,1-2H3,(H,23,26)/t16-/m1/s1. The lowest BCUT2D eigenvalue weighted by atomic mass is 10.1. The average Bonchev–Trinajstić information content (AvgIpc) is 2.68. The Kier molecular flexibility index (Phi) is 6.72. The highest BCUT2D eigenvalue weighted by Gasteiger charge is 2.21. The molecule has 1 atom stereocenters.